The van der Waals surface area contributed by atoms with Gasteiger partial charge in [0, 0.05) is 36.5 Å². The van der Waals surface area contributed by atoms with E-state index in [1.165, 1.54) is 4.90 Å². The number of carbonyl (C=O) groups is 3. The topological polar surface area (TPSA) is 101 Å². The number of fused-ring (bicyclic) bond motifs is 2. The molecule has 0 heterocycles. The first-order valence-corrected chi connectivity index (χ1v) is 7.94. The molecule has 1 saturated carbocycles. The van der Waals surface area contributed by atoms with Gasteiger partial charge < -0.3 is 24.7 Å². The lowest BCUT2D eigenvalue weighted by atomic mass is 9.82. The molecule has 2 bridgehead atoms. The monoisotopic (exact) mass is 327 g/mol. The summed E-state index contributed by atoms with van der Waals surface area (Å²) < 4.78 is 0. The van der Waals surface area contributed by atoms with Crippen molar-refractivity contribution in [1.29, 1.82) is 0 Å². The van der Waals surface area contributed by atoms with Crippen LogP contribution in [0.15, 0.2) is 42.5 Å². The highest BCUT2D eigenvalue weighted by Gasteiger charge is 2.49. The maximum Gasteiger partial charge on any atom is 0.231 e. The van der Waals surface area contributed by atoms with Gasteiger partial charge in [0.1, 0.15) is 0 Å². The van der Waals surface area contributed by atoms with Gasteiger partial charge in [0.25, 0.3) is 0 Å². The van der Waals surface area contributed by atoms with E-state index in [-0.39, 0.29) is 30.7 Å². The maximum absolute atomic E-state index is 13.1. The lowest BCUT2D eigenvalue weighted by Gasteiger charge is -2.33. The molecule has 1 aromatic rings. The largest absolute Gasteiger partial charge is 0.550 e. The average molecular weight is 327 g/mol. The Morgan fingerprint density at radius 1 is 1.00 bits per heavy atom. The van der Waals surface area contributed by atoms with Gasteiger partial charge >= 0.3 is 0 Å². The highest BCUT2D eigenvalue weighted by Crippen LogP contribution is 2.48. The third-order valence-electron chi connectivity index (χ3n) is 4.89. The fourth-order valence-electron chi connectivity index (χ4n) is 3.84. The Morgan fingerprint density at radius 3 is 2.21 bits per heavy atom. The zero-order valence-electron chi connectivity index (χ0n) is 13.0. The van der Waals surface area contributed by atoms with Gasteiger partial charge in [0.05, 0.1) is 5.92 Å². The Balaban J connectivity index is 1.89. The standard InChI is InChI=1S/C18H19NO5/c20-14(21)8-9-19(13-4-2-1-3-5-13)17(22)15-11-6-7-12(10-11)16(15)18(23)24/h1-7,11-12,15-16H,8-10H2,(H,20,21)(H,23,24)/p-2/t11-,12-,15+,16-/m0/s1. The third-order valence-corrected chi connectivity index (χ3v) is 4.89. The van der Waals surface area contributed by atoms with Crippen molar-refractivity contribution in [3.63, 3.8) is 0 Å². The van der Waals surface area contributed by atoms with Crippen molar-refractivity contribution in [2.45, 2.75) is 12.8 Å². The summed E-state index contributed by atoms with van der Waals surface area (Å²) >= 11 is 0. The van der Waals surface area contributed by atoms with Gasteiger partial charge in [0.15, 0.2) is 0 Å². The van der Waals surface area contributed by atoms with Crippen molar-refractivity contribution in [1.82, 2.24) is 0 Å². The number of benzene rings is 1. The molecule has 1 fully saturated rings. The molecule has 0 spiro atoms. The predicted molar refractivity (Wildman–Crippen MR) is 81.1 cm³/mol. The smallest absolute Gasteiger partial charge is 0.231 e. The van der Waals surface area contributed by atoms with E-state index in [0.29, 0.717) is 12.1 Å². The van der Waals surface area contributed by atoms with Gasteiger partial charge in [-0.05, 0) is 30.4 Å². The van der Waals surface area contributed by atoms with E-state index < -0.39 is 23.8 Å². The van der Waals surface area contributed by atoms with Gasteiger partial charge in [-0.2, -0.15) is 0 Å². The molecule has 2 aliphatic rings. The number of rotatable bonds is 6. The molecule has 126 valence electrons. The summed E-state index contributed by atoms with van der Waals surface area (Å²) in [6, 6.07) is 8.67. The molecular formula is C18H17NO5-2. The molecule has 1 amide bonds. The predicted octanol–water partition coefficient (Wildman–Crippen LogP) is -0.652. The van der Waals surface area contributed by atoms with Crippen LogP contribution < -0.4 is 15.1 Å². The van der Waals surface area contributed by atoms with Crippen LogP contribution in [0.1, 0.15) is 12.8 Å². The lowest BCUT2D eigenvalue weighted by molar-refractivity contribution is -0.314. The summed E-state index contributed by atoms with van der Waals surface area (Å²) in [4.78, 5) is 36.7. The quantitative estimate of drug-likeness (QED) is 0.646. The summed E-state index contributed by atoms with van der Waals surface area (Å²) in [5, 5.41) is 22.3. The minimum Gasteiger partial charge on any atom is -0.550 e. The fourth-order valence-corrected chi connectivity index (χ4v) is 3.84. The van der Waals surface area contributed by atoms with E-state index in [9.17, 15) is 24.6 Å². The van der Waals surface area contributed by atoms with Gasteiger partial charge in [-0.15, -0.1) is 0 Å². The minimum absolute atomic E-state index is 0.0530. The molecule has 3 rings (SSSR count). The lowest BCUT2D eigenvalue weighted by Crippen LogP contribution is -2.47. The van der Waals surface area contributed by atoms with Gasteiger partial charge in [-0.3, -0.25) is 4.79 Å². The second kappa shape index (κ2) is 6.47. The number of allylic oxidation sites excluding steroid dienone is 2. The molecule has 0 aliphatic heterocycles. The highest BCUT2D eigenvalue weighted by atomic mass is 16.4. The van der Waals surface area contributed by atoms with Crippen LogP contribution in [0.5, 0.6) is 0 Å². The molecule has 0 radical (unpaired) electrons. The highest BCUT2D eigenvalue weighted by molar-refractivity contribution is 5.98. The molecule has 24 heavy (non-hydrogen) atoms. The molecule has 0 aromatic heterocycles. The SMILES string of the molecule is O=C([O-])CCN(C(=O)[C@H]1[C@@H](C(=O)[O-])[C@H]2C=C[C@H]1C2)c1ccccc1. The second-order valence-corrected chi connectivity index (χ2v) is 6.27. The molecule has 0 N–H and O–H groups in total. The second-order valence-electron chi connectivity index (χ2n) is 6.27. The molecule has 1 aromatic carbocycles. The van der Waals surface area contributed by atoms with Crippen molar-refractivity contribution < 1.29 is 24.6 Å². The number of carboxylic acid groups (broad SMARTS) is 2. The number of anilines is 1. The van der Waals surface area contributed by atoms with Crippen LogP contribution >= 0.6 is 0 Å². The van der Waals surface area contributed by atoms with E-state index in [2.05, 4.69) is 0 Å². The summed E-state index contributed by atoms with van der Waals surface area (Å²) in [5.41, 5.74) is 0.549. The van der Waals surface area contributed by atoms with Crippen LogP contribution in [-0.2, 0) is 14.4 Å². The maximum atomic E-state index is 13.1. The van der Waals surface area contributed by atoms with Crippen molar-refractivity contribution in [3.8, 4) is 0 Å². The summed E-state index contributed by atoms with van der Waals surface area (Å²) in [6.07, 6.45) is 4.03. The Morgan fingerprint density at radius 2 is 1.62 bits per heavy atom. The zero-order chi connectivity index (χ0) is 17.3. The van der Waals surface area contributed by atoms with Gasteiger partial charge in [-0.1, -0.05) is 30.4 Å². The van der Waals surface area contributed by atoms with Gasteiger partial charge in [-0.25, -0.2) is 0 Å². The number of carboxylic acids is 2. The minimum atomic E-state index is -1.26. The number of amides is 1. The number of nitrogens with zero attached hydrogens (tertiary/aromatic N) is 1. The normalized spacial score (nSPS) is 27.2. The molecule has 0 unspecified atom stereocenters. The molecular weight excluding hydrogens is 310 g/mol. The van der Waals surface area contributed by atoms with E-state index >= 15 is 0 Å². The van der Waals surface area contributed by atoms with Crippen LogP contribution in [0, 0.1) is 23.7 Å². The third kappa shape index (κ3) is 2.91. The van der Waals surface area contributed by atoms with Crippen LogP contribution in [0.3, 0.4) is 0 Å². The summed E-state index contributed by atoms with van der Waals surface area (Å²) in [6.45, 7) is -0.0530. The fraction of sp³-hybridized carbons (Fsp3) is 0.389. The first-order valence-electron chi connectivity index (χ1n) is 7.94. The van der Waals surface area contributed by atoms with E-state index in [0.717, 1.165) is 0 Å². The van der Waals surface area contributed by atoms with Crippen LogP contribution in [0.2, 0.25) is 0 Å². The van der Waals surface area contributed by atoms with E-state index in [4.69, 9.17) is 0 Å². The number of carbonyl (C=O) groups excluding carboxylic acids is 3. The Bertz CT molecular complexity index is 684. The number of para-hydroxylation sites is 1. The van der Waals surface area contributed by atoms with E-state index in [1.54, 1.807) is 30.3 Å². The van der Waals surface area contributed by atoms with Crippen molar-refractivity contribution in [2.24, 2.45) is 23.7 Å². The van der Waals surface area contributed by atoms with Crippen LogP contribution in [0.4, 0.5) is 5.69 Å². The van der Waals surface area contributed by atoms with Crippen molar-refractivity contribution in [2.75, 3.05) is 11.4 Å². The number of hydrogen-bond acceptors (Lipinski definition) is 5. The molecule has 4 atom stereocenters. The van der Waals surface area contributed by atoms with Crippen LogP contribution in [-0.4, -0.2) is 24.4 Å². The Kier molecular flexibility index (Phi) is 4.38. The number of aliphatic carboxylic acids is 2. The first-order chi connectivity index (χ1) is 11.5. The molecule has 6 nitrogen and oxygen atoms in total. The average Bonchev–Trinajstić information content (AvgIpc) is 3.16. The molecule has 0 saturated heterocycles. The molecule has 2 aliphatic carbocycles. The van der Waals surface area contributed by atoms with Gasteiger partial charge in [0.2, 0.25) is 5.91 Å². The molecule has 6 heteroatoms. The first kappa shape index (κ1) is 16.2. The van der Waals surface area contributed by atoms with Crippen LogP contribution in [0.25, 0.3) is 0 Å². The Hall–Kier alpha value is -2.63. The Labute approximate surface area is 139 Å². The number of hydrogen-bond donors (Lipinski definition) is 0. The summed E-state index contributed by atoms with van der Waals surface area (Å²) in [7, 11) is 0. The zero-order valence-corrected chi connectivity index (χ0v) is 13.0. The summed E-state index contributed by atoms with van der Waals surface area (Å²) in [5.74, 6) is -4.75. The van der Waals surface area contributed by atoms with E-state index in [1.807, 2.05) is 12.2 Å². The van der Waals surface area contributed by atoms with Crippen molar-refractivity contribution in [3.05, 3.63) is 42.5 Å². The van der Waals surface area contributed by atoms with Crippen molar-refractivity contribution >= 4 is 23.5 Å².